The summed E-state index contributed by atoms with van der Waals surface area (Å²) in [5.74, 6) is 0.437. The Labute approximate surface area is 193 Å². The number of Topliss-reactive ketones (excluding diaryl/α,β-unsaturated/α-hetero) is 1. The molecule has 2 aromatic heterocycles. The van der Waals surface area contributed by atoms with Crippen molar-refractivity contribution in [1.29, 1.82) is 0 Å². The standard InChI is InChI=1S/C23H19ClFN3O3S/c1-14-11-16(15(2)28(14)19-9-5-4-8-18(19)25)20(29)13-32-23-27-26-22(31-23)12-30-21-10-6-3-7-17(21)24/h3-11H,12-13H2,1-2H3. The van der Waals surface area contributed by atoms with Crippen LogP contribution >= 0.6 is 23.4 Å². The van der Waals surface area contributed by atoms with Gasteiger partial charge >= 0.3 is 0 Å². The van der Waals surface area contributed by atoms with Gasteiger partial charge in [-0.2, -0.15) is 0 Å². The minimum absolute atomic E-state index is 0.0645. The number of halogens is 2. The molecule has 0 radical (unpaired) electrons. The van der Waals surface area contributed by atoms with Crippen molar-refractivity contribution in [3.8, 4) is 11.4 Å². The van der Waals surface area contributed by atoms with Gasteiger partial charge in [-0.1, -0.05) is 47.6 Å². The molecule has 0 unspecified atom stereocenters. The minimum atomic E-state index is -0.347. The summed E-state index contributed by atoms with van der Waals surface area (Å²) in [6, 6.07) is 15.3. The van der Waals surface area contributed by atoms with Crippen LogP contribution in [0.1, 0.15) is 27.6 Å². The van der Waals surface area contributed by atoms with Gasteiger partial charge < -0.3 is 13.7 Å². The van der Waals surface area contributed by atoms with Gasteiger partial charge in [0.2, 0.25) is 0 Å². The molecule has 0 saturated heterocycles. The van der Waals surface area contributed by atoms with E-state index in [9.17, 15) is 9.18 Å². The zero-order valence-electron chi connectivity index (χ0n) is 17.3. The van der Waals surface area contributed by atoms with Gasteiger partial charge in [0.25, 0.3) is 11.1 Å². The number of benzene rings is 2. The first-order chi connectivity index (χ1) is 15.4. The monoisotopic (exact) mass is 471 g/mol. The normalized spacial score (nSPS) is 11.0. The first kappa shape index (κ1) is 22.1. The zero-order valence-corrected chi connectivity index (χ0v) is 18.9. The van der Waals surface area contributed by atoms with Gasteiger partial charge in [-0.3, -0.25) is 4.79 Å². The van der Waals surface area contributed by atoms with Crippen molar-refractivity contribution < 1.29 is 18.3 Å². The lowest BCUT2D eigenvalue weighted by atomic mass is 10.2. The Morgan fingerprint density at radius 2 is 1.91 bits per heavy atom. The lowest BCUT2D eigenvalue weighted by molar-refractivity contribution is 0.102. The van der Waals surface area contributed by atoms with E-state index < -0.39 is 0 Å². The zero-order chi connectivity index (χ0) is 22.7. The number of carbonyl (C=O) groups excluding carboxylic acids is 1. The summed E-state index contributed by atoms with van der Waals surface area (Å²) in [6.07, 6.45) is 0. The van der Waals surface area contributed by atoms with Gasteiger partial charge in [-0.05, 0) is 44.2 Å². The van der Waals surface area contributed by atoms with E-state index in [4.69, 9.17) is 20.8 Å². The second-order valence-corrected chi connectivity index (χ2v) is 8.30. The summed E-state index contributed by atoms with van der Waals surface area (Å²) in [5.41, 5.74) is 2.39. The summed E-state index contributed by atoms with van der Waals surface area (Å²) >= 11 is 7.19. The molecule has 164 valence electrons. The molecule has 0 saturated carbocycles. The van der Waals surface area contributed by atoms with Crippen LogP contribution in [0.2, 0.25) is 5.02 Å². The summed E-state index contributed by atoms with van der Waals surface area (Å²) in [6.45, 7) is 3.70. The van der Waals surface area contributed by atoms with Crippen molar-refractivity contribution in [3.63, 3.8) is 0 Å². The van der Waals surface area contributed by atoms with Crippen LogP contribution in [-0.4, -0.2) is 26.3 Å². The number of para-hydroxylation sites is 2. The second kappa shape index (κ2) is 9.58. The number of hydrogen-bond acceptors (Lipinski definition) is 6. The number of rotatable bonds is 8. The lowest BCUT2D eigenvalue weighted by Gasteiger charge is -2.10. The average Bonchev–Trinajstić information content (AvgIpc) is 3.36. The van der Waals surface area contributed by atoms with Crippen molar-refractivity contribution in [2.75, 3.05) is 5.75 Å². The van der Waals surface area contributed by atoms with Crippen LogP contribution in [0, 0.1) is 19.7 Å². The highest BCUT2D eigenvalue weighted by Crippen LogP contribution is 2.26. The van der Waals surface area contributed by atoms with E-state index in [1.165, 1.54) is 6.07 Å². The van der Waals surface area contributed by atoms with Gasteiger partial charge in [0, 0.05) is 17.0 Å². The van der Waals surface area contributed by atoms with Gasteiger partial charge in [0.15, 0.2) is 12.4 Å². The third-order valence-electron chi connectivity index (χ3n) is 4.79. The van der Waals surface area contributed by atoms with Crippen molar-refractivity contribution >= 4 is 29.1 Å². The fraction of sp³-hybridized carbons (Fsp3) is 0.174. The molecule has 0 aliphatic carbocycles. The topological polar surface area (TPSA) is 70.2 Å². The van der Waals surface area contributed by atoms with Gasteiger partial charge in [-0.25, -0.2) is 4.39 Å². The van der Waals surface area contributed by atoms with E-state index in [-0.39, 0.29) is 35.1 Å². The van der Waals surface area contributed by atoms with Crippen molar-refractivity contribution in [2.24, 2.45) is 0 Å². The fourth-order valence-electron chi connectivity index (χ4n) is 3.31. The number of aryl methyl sites for hydroxylation is 1. The molecule has 0 aliphatic heterocycles. The Balaban J connectivity index is 1.40. The highest BCUT2D eigenvalue weighted by Gasteiger charge is 2.19. The number of ketones is 1. The fourth-order valence-corrected chi connectivity index (χ4v) is 4.16. The maximum absolute atomic E-state index is 14.3. The van der Waals surface area contributed by atoms with E-state index in [0.717, 1.165) is 17.5 Å². The third-order valence-corrected chi connectivity index (χ3v) is 5.92. The van der Waals surface area contributed by atoms with Crippen LogP contribution in [0.3, 0.4) is 0 Å². The Bertz CT molecular complexity index is 1270. The largest absolute Gasteiger partial charge is 0.482 e. The van der Waals surface area contributed by atoms with Crippen molar-refractivity contribution in [1.82, 2.24) is 14.8 Å². The Morgan fingerprint density at radius 3 is 2.69 bits per heavy atom. The first-order valence-corrected chi connectivity index (χ1v) is 11.1. The lowest BCUT2D eigenvalue weighted by Crippen LogP contribution is -2.06. The van der Waals surface area contributed by atoms with Crippen LogP contribution in [-0.2, 0) is 6.61 Å². The van der Waals surface area contributed by atoms with E-state index >= 15 is 0 Å². The minimum Gasteiger partial charge on any atom is -0.482 e. The second-order valence-electron chi connectivity index (χ2n) is 6.96. The number of ether oxygens (including phenoxy) is 1. The Morgan fingerprint density at radius 1 is 1.16 bits per heavy atom. The number of nitrogens with zero attached hydrogens (tertiary/aromatic N) is 3. The van der Waals surface area contributed by atoms with Crippen LogP contribution < -0.4 is 4.74 Å². The SMILES string of the molecule is Cc1cc(C(=O)CSc2nnc(COc3ccccc3Cl)o2)c(C)n1-c1ccccc1F. The Hall–Kier alpha value is -3.10. The molecule has 2 aromatic carbocycles. The van der Waals surface area contributed by atoms with E-state index in [1.54, 1.807) is 54.0 Å². The smallest absolute Gasteiger partial charge is 0.277 e. The van der Waals surface area contributed by atoms with Crippen molar-refractivity contribution in [3.05, 3.63) is 88.3 Å². The molecule has 4 rings (SSSR count). The number of thioether (sulfide) groups is 1. The van der Waals surface area contributed by atoms with Crippen LogP contribution in [0.15, 0.2) is 64.2 Å². The van der Waals surface area contributed by atoms with Crippen LogP contribution in [0.4, 0.5) is 4.39 Å². The average molecular weight is 472 g/mol. The molecule has 9 heteroatoms. The molecular weight excluding hydrogens is 453 g/mol. The predicted molar refractivity (Wildman–Crippen MR) is 120 cm³/mol. The molecule has 0 N–H and O–H groups in total. The maximum Gasteiger partial charge on any atom is 0.277 e. The van der Waals surface area contributed by atoms with Gasteiger partial charge in [0.1, 0.15) is 11.6 Å². The maximum atomic E-state index is 14.3. The van der Waals surface area contributed by atoms with Gasteiger partial charge in [0.05, 0.1) is 16.5 Å². The molecule has 0 atom stereocenters. The third kappa shape index (κ3) is 4.71. The molecule has 0 aliphatic rings. The molecule has 0 amide bonds. The molecular formula is C23H19ClFN3O3S. The molecule has 0 bridgehead atoms. The van der Waals surface area contributed by atoms with E-state index in [0.29, 0.717) is 27.7 Å². The molecule has 4 aromatic rings. The Kier molecular flexibility index (Phi) is 6.62. The summed E-state index contributed by atoms with van der Waals surface area (Å²) in [7, 11) is 0. The number of hydrogen-bond donors (Lipinski definition) is 0. The number of aromatic nitrogens is 3. The van der Waals surface area contributed by atoms with Crippen molar-refractivity contribution in [2.45, 2.75) is 25.7 Å². The molecule has 2 heterocycles. The van der Waals surface area contributed by atoms with Gasteiger partial charge in [-0.15, -0.1) is 10.2 Å². The highest BCUT2D eigenvalue weighted by atomic mass is 35.5. The molecule has 0 spiro atoms. The summed E-state index contributed by atoms with van der Waals surface area (Å²) < 4.78 is 27.1. The highest BCUT2D eigenvalue weighted by molar-refractivity contribution is 7.99. The summed E-state index contributed by atoms with van der Waals surface area (Å²) in [4.78, 5) is 12.8. The number of carbonyl (C=O) groups is 1. The first-order valence-electron chi connectivity index (χ1n) is 9.73. The van der Waals surface area contributed by atoms with Crippen LogP contribution in [0.25, 0.3) is 5.69 Å². The molecule has 6 nitrogen and oxygen atoms in total. The molecule has 0 fully saturated rings. The predicted octanol–water partition coefficient (Wildman–Crippen LogP) is 5.82. The van der Waals surface area contributed by atoms with E-state index in [1.807, 2.05) is 13.0 Å². The van der Waals surface area contributed by atoms with E-state index in [2.05, 4.69) is 10.2 Å². The summed E-state index contributed by atoms with van der Waals surface area (Å²) in [5, 5.41) is 8.63. The quantitative estimate of drug-likeness (QED) is 0.238. The van der Waals surface area contributed by atoms with Crippen LogP contribution in [0.5, 0.6) is 5.75 Å². The molecule has 32 heavy (non-hydrogen) atoms.